The molecule has 5 heteroatoms. The quantitative estimate of drug-likeness (QED) is 0.252. The van der Waals surface area contributed by atoms with Crippen LogP contribution in [0.1, 0.15) is 13.3 Å². The van der Waals surface area contributed by atoms with Crippen molar-refractivity contribution >= 4 is 5.97 Å². The van der Waals surface area contributed by atoms with Crippen molar-refractivity contribution in [3.05, 3.63) is 24.3 Å². The maximum Gasteiger partial charge on any atom is 0.338 e. The van der Waals surface area contributed by atoms with Crippen molar-refractivity contribution in [2.24, 2.45) is 0 Å². The smallest absolute Gasteiger partial charge is 0.338 e. The van der Waals surface area contributed by atoms with Gasteiger partial charge in [-0.1, -0.05) is 12.7 Å². The summed E-state index contributed by atoms with van der Waals surface area (Å²) in [6.45, 7) is 5.17. The summed E-state index contributed by atoms with van der Waals surface area (Å²) >= 11 is 0. The minimum Gasteiger partial charge on any atom is -0.406 e. The Hall–Kier alpha value is -1.64. The molecule has 0 bridgehead atoms. The molecular weight excluding hydrogens is 232 g/mol. The highest BCUT2D eigenvalue weighted by atomic mass is 16.6. The van der Waals surface area contributed by atoms with Crippen LogP contribution in [0, 0.1) is 11.3 Å². The Morgan fingerprint density at radius 2 is 2.11 bits per heavy atom. The van der Waals surface area contributed by atoms with Crippen LogP contribution in [0.4, 0.5) is 0 Å². The van der Waals surface area contributed by atoms with Gasteiger partial charge >= 0.3 is 5.97 Å². The van der Waals surface area contributed by atoms with Crippen LogP contribution in [0.15, 0.2) is 24.3 Å². The van der Waals surface area contributed by atoms with Crippen molar-refractivity contribution in [3.63, 3.8) is 0 Å². The second-order valence-corrected chi connectivity index (χ2v) is 4.99. The van der Waals surface area contributed by atoms with Gasteiger partial charge in [0.25, 0.3) is 6.23 Å². The molecule has 0 aliphatic heterocycles. The van der Waals surface area contributed by atoms with Crippen molar-refractivity contribution < 1.29 is 19.1 Å². The molecule has 0 rings (SSSR count). The number of hydrogen-bond acceptors (Lipinski definition) is 4. The van der Waals surface area contributed by atoms with E-state index in [1.807, 2.05) is 27.2 Å². The normalized spacial score (nSPS) is 14.9. The van der Waals surface area contributed by atoms with Gasteiger partial charge in [0.05, 0.1) is 27.2 Å². The lowest BCUT2D eigenvalue weighted by atomic mass is 10.2. The Morgan fingerprint density at radius 3 is 2.50 bits per heavy atom. The SMILES string of the molecule is C=C(CC=CC#N)C(=O)OC(C(C)O)[N+](C)(C)C. The fourth-order valence-corrected chi connectivity index (χ4v) is 1.43. The summed E-state index contributed by atoms with van der Waals surface area (Å²) in [5.74, 6) is -0.559. The van der Waals surface area contributed by atoms with Gasteiger partial charge < -0.3 is 9.84 Å². The summed E-state index contributed by atoms with van der Waals surface area (Å²) in [6, 6.07) is 1.83. The molecule has 0 fully saturated rings. The summed E-state index contributed by atoms with van der Waals surface area (Å²) in [7, 11) is 5.47. The van der Waals surface area contributed by atoms with Crippen LogP contribution in [-0.4, -0.2) is 49.0 Å². The number of likely N-dealkylation sites (N-methyl/N-ethyl adjacent to an activating group) is 1. The van der Waals surface area contributed by atoms with Crippen LogP contribution >= 0.6 is 0 Å². The van der Waals surface area contributed by atoms with E-state index in [2.05, 4.69) is 6.58 Å². The molecule has 18 heavy (non-hydrogen) atoms. The van der Waals surface area contributed by atoms with Crippen LogP contribution in [0.2, 0.25) is 0 Å². The third-order valence-electron chi connectivity index (χ3n) is 2.25. The molecule has 0 aromatic carbocycles. The zero-order chi connectivity index (χ0) is 14.3. The van der Waals surface area contributed by atoms with Gasteiger partial charge in [-0.15, -0.1) is 0 Å². The lowest BCUT2D eigenvalue weighted by molar-refractivity contribution is -0.920. The minimum atomic E-state index is -0.781. The fraction of sp³-hybridized carbons (Fsp3) is 0.538. The molecule has 2 atom stereocenters. The number of quaternary nitrogens is 1. The molecule has 0 aliphatic rings. The van der Waals surface area contributed by atoms with Crippen molar-refractivity contribution in [2.45, 2.75) is 25.7 Å². The predicted molar refractivity (Wildman–Crippen MR) is 68.1 cm³/mol. The Kier molecular flexibility index (Phi) is 6.31. The second-order valence-electron chi connectivity index (χ2n) is 4.99. The largest absolute Gasteiger partial charge is 0.406 e. The Bertz CT molecular complexity index is 373. The lowest BCUT2D eigenvalue weighted by Gasteiger charge is -2.34. The van der Waals surface area contributed by atoms with Crippen LogP contribution in [-0.2, 0) is 9.53 Å². The molecule has 5 nitrogen and oxygen atoms in total. The molecular formula is C13H21N2O3+. The van der Waals surface area contributed by atoms with Gasteiger partial charge in [-0.25, -0.2) is 4.79 Å². The van der Waals surface area contributed by atoms with Crippen LogP contribution < -0.4 is 0 Å². The standard InChI is InChI=1S/C13H21N2O3/c1-10(8-6-7-9-14)13(17)18-12(11(2)16)15(3,4)5/h6-7,11-12,16H,1,8H2,2-5H3/q+1. The molecule has 0 saturated carbocycles. The van der Waals surface area contributed by atoms with E-state index >= 15 is 0 Å². The third kappa shape index (κ3) is 5.62. The minimum absolute atomic E-state index is 0.251. The van der Waals surface area contributed by atoms with Gasteiger partial charge in [0.1, 0.15) is 6.10 Å². The van der Waals surface area contributed by atoms with E-state index in [9.17, 15) is 9.90 Å². The fourth-order valence-electron chi connectivity index (χ4n) is 1.43. The van der Waals surface area contributed by atoms with E-state index < -0.39 is 18.3 Å². The number of nitriles is 1. The van der Waals surface area contributed by atoms with E-state index in [-0.39, 0.29) is 12.0 Å². The molecule has 0 heterocycles. The van der Waals surface area contributed by atoms with Crippen LogP contribution in [0.3, 0.4) is 0 Å². The first-order valence-electron chi connectivity index (χ1n) is 5.62. The summed E-state index contributed by atoms with van der Waals surface area (Å²) in [5, 5.41) is 17.9. The number of aliphatic hydroxyl groups is 1. The number of carbonyl (C=O) groups is 1. The highest BCUT2D eigenvalue weighted by Gasteiger charge is 2.32. The lowest BCUT2D eigenvalue weighted by Crippen LogP contribution is -2.53. The first-order chi connectivity index (χ1) is 8.20. The van der Waals surface area contributed by atoms with Gasteiger partial charge in [0.15, 0.2) is 0 Å². The highest BCUT2D eigenvalue weighted by molar-refractivity contribution is 5.88. The zero-order valence-electron chi connectivity index (χ0n) is 11.4. The van der Waals surface area contributed by atoms with Crippen molar-refractivity contribution in [1.82, 2.24) is 0 Å². The van der Waals surface area contributed by atoms with E-state index in [1.165, 1.54) is 12.2 Å². The molecule has 0 aliphatic carbocycles. The number of hydrogen-bond donors (Lipinski definition) is 1. The monoisotopic (exact) mass is 253 g/mol. The number of aliphatic hydroxyl groups excluding tert-OH is 1. The summed E-state index contributed by atoms with van der Waals surface area (Å²) in [6.07, 6.45) is 1.64. The Morgan fingerprint density at radius 1 is 1.56 bits per heavy atom. The number of carbonyl (C=O) groups excluding carboxylic acids is 1. The Balaban J connectivity index is 4.58. The number of ether oxygens (including phenoxy) is 1. The van der Waals surface area contributed by atoms with Crippen molar-refractivity contribution in [1.29, 1.82) is 5.26 Å². The molecule has 1 N–H and O–H groups in total. The first kappa shape index (κ1) is 16.4. The van der Waals surface area contributed by atoms with Crippen LogP contribution in [0.5, 0.6) is 0 Å². The van der Waals surface area contributed by atoms with Crippen molar-refractivity contribution in [2.75, 3.05) is 21.1 Å². The average Bonchev–Trinajstić information content (AvgIpc) is 2.23. The number of rotatable bonds is 6. The average molecular weight is 253 g/mol. The van der Waals surface area contributed by atoms with E-state index in [4.69, 9.17) is 10.00 Å². The maximum absolute atomic E-state index is 11.7. The third-order valence-corrected chi connectivity index (χ3v) is 2.25. The molecule has 0 saturated heterocycles. The molecule has 2 unspecified atom stereocenters. The first-order valence-corrected chi connectivity index (χ1v) is 5.62. The second kappa shape index (κ2) is 6.94. The maximum atomic E-state index is 11.7. The van der Waals surface area contributed by atoms with Crippen LogP contribution in [0.25, 0.3) is 0 Å². The molecule has 0 amide bonds. The van der Waals surface area contributed by atoms with E-state index in [1.54, 1.807) is 6.92 Å². The molecule has 0 spiro atoms. The summed E-state index contributed by atoms with van der Waals surface area (Å²) in [5.41, 5.74) is 0.251. The van der Waals surface area contributed by atoms with E-state index in [0.29, 0.717) is 4.48 Å². The van der Waals surface area contributed by atoms with Gasteiger partial charge in [-0.3, -0.25) is 4.48 Å². The van der Waals surface area contributed by atoms with Crippen molar-refractivity contribution in [3.8, 4) is 6.07 Å². The van der Waals surface area contributed by atoms with Gasteiger partial charge in [-0.05, 0) is 13.3 Å². The predicted octanol–water partition coefficient (Wildman–Crippen LogP) is 0.969. The number of esters is 1. The summed E-state index contributed by atoms with van der Waals surface area (Å²) in [4.78, 5) is 11.7. The van der Waals surface area contributed by atoms with Gasteiger partial charge in [0.2, 0.25) is 0 Å². The van der Waals surface area contributed by atoms with E-state index in [0.717, 1.165) is 0 Å². The molecule has 0 aromatic heterocycles. The number of nitrogens with zero attached hydrogens (tertiary/aromatic N) is 2. The molecule has 0 aromatic rings. The molecule has 0 radical (unpaired) electrons. The topological polar surface area (TPSA) is 70.3 Å². The number of allylic oxidation sites excluding steroid dienone is 2. The summed E-state index contributed by atoms with van der Waals surface area (Å²) < 4.78 is 5.53. The van der Waals surface area contributed by atoms with Gasteiger partial charge in [0, 0.05) is 11.6 Å². The molecule has 100 valence electrons. The Labute approximate surface area is 108 Å². The van der Waals surface area contributed by atoms with Gasteiger partial charge in [-0.2, -0.15) is 5.26 Å². The highest BCUT2D eigenvalue weighted by Crippen LogP contribution is 2.13. The zero-order valence-corrected chi connectivity index (χ0v) is 11.4.